The molecular weight excluding hydrogens is 326 g/mol. The molecule has 8 heteroatoms. The van der Waals surface area contributed by atoms with Crippen molar-refractivity contribution in [2.75, 3.05) is 12.8 Å². The molecule has 0 unspecified atom stereocenters. The van der Waals surface area contributed by atoms with Gasteiger partial charge in [-0.2, -0.15) is 4.31 Å². The first kappa shape index (κ1) is 14.5. The molecule has 2 N–H and O–H groups in total. The molecule has 0 saturated carbocycles. The van der Waals surface area contributed by atoms with Crippen LogP contribution in [-0.4, -0.2) is 24.8 Å². The first-order chi connectivity index (χ1) is 9.96. The van der Waals surface area contributed by atoms with Gasteiger partial charge in [0.05, 0.1) is 16.8 Å². The first-order valence-corrected chi connectivity index (χ1v) is 9.25. The molecule has 21 heavy (non-hydrogen) atoms. The van der Waals surface area contributed by atoms with E-state index in [2.05, 4.69) is 4.98 Å². The summed E-state index contributed by atoms with van der Waals surface area (Å²) in [5.74, 6) is 0. The van der Waals surface area contributed by atoms with Crippen LogP contribution in [0.5, 0.6) is 0 Å². The highest BCUT2D eigenvalue weighted by Gasteiger charge is 2.23. The van der Waals surface area contributed by atoms with Crippen molar-refractivity contribution < 1.29 is 8.42 Å². The summed E-state index contributed by atoms with van der Waals surface area (Å²) in [4.78, 5) is 4.46. The van der Waals surface area contributed by atoms with Crippen molar-refractivity contribution in [2.45, 2.75) is 10.8 Å². The van der Waals surface area contributed by atoms with E-state index in [1.165, 1.54) is 21.7 Å². The zero-order valence-electron chi connectivity index (χ0n) is 11.2. The van der Waals surface area contributed by atoms with Crippen LogP contribution in [0.25, 0.3) is 10.2 Å². The molecule has 0 aliphatic carbocycles. The number of anilines is 1. The minimum atomic E-state index is -3.52. The third-order valence-corrected chi connectivity index (χ3v) is 7.21. The third kappa shape index (κ3) is 2.80. The molecule has 3 rings (SSSR count). The second-order valence-electron chi connectivity index (χ2n) is 4.54. The monoisotopic (exact) mass is 339 g/mol. The van der Waals surface area contributed by atoms with Crippen LogP contribution in [0, 0.1) is 0 Å². The highest BCUT2D eigenvalue weighted by atomic mass is 32.2. The fourth-order valence-electron chi connectivity index (χ4n) is 1.88. The number of fused-ring (bicyclic) bond motifs is 1. The summed E-state index contributed by atoms with van der Waals surface area (Å²) in [7, 11) is -1.96. The smallest absolute Gasteiger partial charge is 0.252 e. The SMILES string of the molecule is CN(Cc1nc2ccccc2s1)S(=O)(=O)c1cc(N)cs1. The Kier molecular flexibility index (Phi) is 3.70. The lowest BCUT2D eigenvalue weighted by atomic mass is 10.3. The fraction of sp³-hybridized carbons (Fsp3) is 0.154. The summed E-state index contributed by atoms with van der Waals surface area (Å²) in [5, 5.41) is 2.39. The molecule has 5 nitrogen and oxygen atoms in total. The molecule has 0 radical (unpaired) electrons. The summed E-state index contributed by atoms with van der Waals surface area (Å²) in [6, 6.07) is 9.24. The van der Waals surface area contributed by atoms with Crippen molar-refractivity contribution in [3.05, 3.63) is 40.7 Å². The van der Waals surface area contributed by atoms with E-state index >= 15 is 0 Å². The maximum absolute atomic E-state index is 12.4. The van der Waals surface area contributed by atoms with E-state index in [4.69, 9.17) is 5.73 Å². The number of sulfonamides is 1. The van der Waals surface area contributed by atoms with Crippen LogP contribution in [0.4, 0.5) is 5.69 Å². The van der Waals surface area contributed by atoms with E-state index < -0.39 is 10.0 Å². The van der Waals surface area contributed by atoms with Crippen LogP contribution in [0.1, 0.15) is 5.01 Å². The van der Waals surface area contributed by atoms with E-state index in [0.717, 1.165) is 26.6 Å². The zero-order valence-corrected chi connectivity index (χ0v) is 13.6. The third-order valence-electron chi connectivity index (χ3n) is 2.96. The maximum atomic E-state index is 12.4. The summed E-state index contributed by atoms with van der Waals surface area (Å²) in [5.41, 5.74) is 6.95. The topological polar surface area (TPSA) is 76.3 Å². The number of para-hydroxylation sites is 1. The van der Waals surface area contributed by atoms with Gasteiger partial charge in [0.1, 0.15) is 9.22 Å². The normalized spacial score (nSPS) is 12.3. The number of hydrogen-bond acceptors (Lipinski definition) is 6. The summed E-state index contributed by atoms with van der Waals surface area (Å²) < 4.78 is 27.5. The molecule has 0 spiro atoms. The van der Waals surface area contributed by atoms with Crippen molar-refractivity contribution in [1.82, 2.24) is 9.29 Å². The number of nitrogens with zero attached hydrogens (tertiary/aromatic N) is 2. The summed E-state index contributed by atoms with van der Waals surface area (Å²) in [6.45, 7) is 0.249. The van der Waals surface area contributed by atoms with Gasteiger partial charge in [-0.1, -0.05) is 12.1 Å². The molecule has 3 aromatic rings. The largest absolute Gasteiger partial charge is 0.398 e. The second-order valence-corrected chi connectivity index (χ2v) is 8.83. The quantitative estimate of drug-likeness (QED) is 0.793. The highest BCUT2D eigenvalue weighted by Crippen LogP contribution is 2.27. The van der Waals surface area contributed by atoms with E-state index in [1.54, 1.807) is 12.4 Å². The average molecular weight is 339 g/mol. The molecule has 0 bridgehead atoms. The molecule has 0 aliphatic rings. The van der Waals surface area contributed by atoms with Gasteiger partial charge in [0.2, 0.25) is 0 Å². The maximum Gasteiger partial charge on any atom is 0.252 e. The lowest BCUT2D eigenvalue weighted by molar-refractivity contribution is 0.468. The number of benzene rings is 1. The number of aromatic nitrogens is 1. The molecule has 2 heterocycles. The lowest BCUT2D eigenvalue weighted by Gasteiger charge is -2.14. The van der Waals surface area contributed by atoms with Crippen molar-refractivity contribution in [1.29, 1.82) is 0 Å². The van der Waals surface area contributed by atoms with Crippen molar-refractivity contribution in [3.63, 3.8) is 0 Å². The molecule has 110 valence electrons. The van der Waals surface area contributed by atoms with Crippen LogP contribution in [0.3, 0.4) is 0 Å². The highest BCUT2D eigenvalue weighted by molar-refractivity contribution is 7.91. The van der Waals surface area contributed by atoms with Gasteiger partial charge in [0.15, 0.2) is 0 Å². The minimum absolute atomic E-state index is 0.249. The fourth-order valence-corrected chi connectivity index (χ4v) is 5.41. The number of thiophene rings is 1. The number of nitrogen functional groups attached to an aromatic ring is 1. The molecule has 0 aliphatic heterocycles. The van der Waals surface area contributed by atoms with Gasteiger partial charge < -0.3 is 5.73 Å². The standard InChI is InChI=1S/C13H13N3O2S3/c1-16(21(17,18)13-6-9(14)8-19-13)7-12-15-10-4-2-3-5-11(10)20-12/h2-6,8H,7,14H2,1H3. The Morgan fingerprint density at radius 2 is 2.10 bits per heavy atom. The van der Waals surface area contributed by atoms with Crippen LogP contribution in [0.2, 0.25) is 0 Å². The van der Waals surface area contributed by atoms with E-state index in [0.29, 0.717) is 5.69 Å². The van der Waals surface area contributed by atoms with E-state index in [-0.39, 0.29) is 10.8 Å². The van der Waals surface area contributed by atoms with Crippen molar-refractivity contribution >= 4 is 48.6 Å². The Bertz CT molecular complexity index is 850. The van der Waals surface area contributed by atoms with E-state index in [9.17, 15) is 8.42 Å². The molecule has 0 amide bonds. The Balaban J connectivity index is 1.87. The number of thiazole rings is 1. The zero-order chi connectivity index (χ0) is 15.0. The minimum Gasteiger partial charge on any atom is -0.398 e. The predicted molar refractivity (Wildman–Crippen MR) is 87.0 cm³/mol. The average Bonchev–Trinajstić information content (AvgIpc) is 3.04. The number of rotatable bonds is 4. The molecular formula is C13H13N3O2S3. The van der Waals surface area contributed by atoms with Gasteiger partial charge in [-0.3, -0.25) is 0 Å². The Morgan fingerprint density at radius 3 is 2.76 bits per heavy atom. The Hall–Kier alpha value is -1.48. The van der Waals surface area contributed by atoms with Gasteiger partial charge in [-0.05, 0) is 18.2 Å². The molecule has 1 aromatic carbocycles. The van der Waals surface area contributed by atoms with Crippen molar-refractivity contribution in [2.24, 2.45) is 0 Å². The number of nitrogens with two attached hydrogens (primary N) is 1. The molecule has 0 fully saturated rings. The number of hydrogen-bond donors (Lipinski definition) is 1. The molecule has 0 atom stereocenters. The predicted octanol–water partition coefficient (Wildman–Crippen LogP) is 2.76. The van der Waals surface area contributed by atoms with Gasteiger partial charge >= 0.3 is 0 Å². The van der Waals surface area contributed by atoms with Gasteiger partial charge in [-0.25, -0.2) is 13.4 Å². The molecule has 2 aromatic heterocycles. The second kappa shape index (κ2) is 5.38. The van der Waals surface area contributed by atoms with Gasteiger partial charge in [-0.15, -0.1) is 22.7 Å². The van der Waals surface area contributed by atoms with Gasteiger partial charge in [0, 0.05) is 18.1 Å². The van der Waals surface area contributed by atoms with E-state index in [1.807, 2.05) is 24.3 Å². The van der Waals surface area contributed by atoms with Crippen LogP contribution in [-0.2, 0) is 16.6 Å². The molecule has 0 saturated heterocycles. The lowest BCUT2D eigenvalue weighted by Crippen LogP contribution is -2.25. The van der Waals surface area contributed by atoms with Crippen molar-refractivity contribution in [3.8, 4) is 0 Å². The van der Waals surface area contributed by atoms with Gasteiger partial charge in [0.25, 0.3) is 10.0 Å². The van der Waals surface area contributed by atoms with Crippen LogP contribution < -0.4 is 5.73 Å². The Labute approximate surface area is 130 Å². The van der Waals surface area contributed by atoms with Crippen LogP contribution in [0.15, 0.2) is 39.9 Å². The first-order valence-electron chi connectivity index (χ1n) is 6.11. The van der Waals surface area contributed by atoms with Crippen LogP contribution >= 0.6 is 22.7 Å². The summed E-state index contributed by atoms with van der Waals surface area (Å²) in [6.07, 6.45) is 0. The Morgan fingerprint density at radius 1 is 1.33 bits per heavy atom. The summed E-state index contributed by atoms with van der Waals surface area (Å²) >= 11 is 2.63.